The first-order valence-corrected chi connectivity index (χ1v) is 10.6. The highest BCUT2D eigenvalue weighted by atomic mass is 19.3. The number of anilines is 1. The molecule has 0 saturated carbocycles. The Morgan fingerprint density at radius 1 is 0.912 bits per heavy atom. The van der Waals surface area contributed by atoms with Crippen LogP contribution < -0.4 is 5.32 Å². The van der Waals surface area contributed by atoms with Crippen LogP contribution in [0.4, 0.5) is 14.5 Å². The summed E-state index contributed by atoms with van der Waals surface area (Å²) in [5, 5.41) is 12.2. The summed E-state index contributed by atoms with van der Waals surface area (Å²) in [7, 11) is 0. The molecule has 0 heterocycles. The Bertz CT molecular complexity index is 1260. The second kappa shape index (κ2) is 9.02. The maximum Gasteiger partial charge on any atom is 0.374 e. The number of alkyl halides is 2. The number of allylic oxidation sites excluding steroid dienone is 1. The van der Waals surface area contributed by atoms with Crippen molar-refractivity contribution in [2.45, 2.75) is 23.8 Å². The summed E-state index contributed by atoms with van der Waals surface area (Å²) in [5.41, 5.74) is -0.531. The lowest BCUT2D eigenvalue weighted by atomic mass is 9.70. The molecule has 0 aliphatic heterocycles. The van der Waals surface area contributed by atoms with Crippen molar-refractivity contribution < 1.29 is 28.3 Å². The van der Waals surface area contributed by atoms with Crippen molar-refractivity contribution >= 4 is 23.2 Å². The standard InChI is InChI=1S/C27H21F2NO4/c28-27(29,25(33)34)17-26(19-11-5-2-6-12-19)22(15-16-23(26)31)30-21-14-8-7-13-20(21)24(32)18-9-3-1-4-10-18/h1-16,22,30H,17H2,(H,33,34)/t22-,26-/m1/s1. The third-order valence-electron chi connectivity index (χ3n) is 6.03. The van der Waals surface area contributed by atoms with Crippen molar-refractivity contribution in [3.63, 3.8) is 0 Å². The van der Waals surface area contributed by atoms with E-state index in [2.05, 4.69) is 5.32 Å². The van der Waals surface area contributed by atoms with Gasteiger partial charge in [-0.25, -0.2) is 4.79 Å². The van der Waals surface area contributed by atoms with Gasteiger partial charge in [0.25, 0.3) is 0 Å². The minimum absolute atomic E-state index is 0.260. The number of ketones is 2. The number of rotatable bonds is 8. The maximum atomic E-state index is 14.6. The molecule has 0 amide bonds. The van der Waals surface area contributed by atoms with Gasteiger partial charge >= 0.3 is 11.9 Å². The summed E-state index contributed by atoms with van der Waals surface area (Å²) in [6.07, 6.45) is 1.39. The number of hydrogen-bond acceptors (Lipinski definition) is 4. The van der Waals surface area contributed by atoms with Crippen molar-refractivity contribution in [1.29, 1.82) is 0 Å². The lowest BCUT2D eigenvalue weighted by Crippen LogP contribution is -2.51. The number of aliphatic carboxylic acids is 1. The lowest BCUT2D eigenvalue weighted by molar-refractivity contribution is -0.168. The van der Waals surface area contributed by atoms with Gasteiger partial charge in [0.1, 0.15) is 0 Å². The van der Waals surface area contributed by atoms with Gasteiger partial charge in [0.05, 0.1) is 11.5 Å². The normalized spacial score (nSPS) is 19.7. The lowest BCUT2D eigenvalue weighted by Gasteiger charge is -2.37. The average Bonchev–Trinajstić information content (AvgIpc) is 3.15. The first-order chi connectivity index (χ1) is 16.3. The van der Waals surface area contributed by atoms with E-state index in [9.17, 15) is 23.2 Å². The van der Waals surface area contributed by atoms with Gasteiger partial charge in [-0.3, -0.25) is 9.59 Å². The molecule has 0 unspecified atom stereocenters. The van der Waals surface area contributed by atoms with Crippen molar-refractivity contribution in [2.24, 2.45) is 0 Å². The number of benzene rings is 3. The Morgan fingerprint density at radius 3 is 2.15 bits per heavy atom. The van der Waals surface area contributed by atoms with Crippen LogP contribution in [-0.4, -0.2) is 34.6 Å². The molecule has 0 spiro atoms. The average molecular weight is 461 g/mol. The highest BCUT2D eigenvalue weighted by Gasteiger charge is 2.57. The van der Waals surface area contributed by atoms with Crippen LogP contribution in [0, 0.1) is 0 Å². The molecule has 3 aromatic carbocycles. The van der Waals surface area contributed by atoms with Crippen molar-refractivity contribution in [3.05, 3.63) is 114 Å². The molecule has 5 nitrogen and oxygen atoms in total. The highest BCUT2D eigenvalue weighted by Crippen LogP contribution is 2.44. The van der Waals surface area contributed by atoms with Crippen LogP contribution in [0.15, 0.2) is 97.1 Å². The second-order valence-corrected chi connectivity index (χ2v) is 8.11. The van der Waals surface area contributed by atoms with Crippen molar-refractivity contribution in [1.82, 2.24) is 0 Å². The second-order valence-electron chi connectivity index (χ2n) is 8.11. The molecule has 3 aromatic rings. The molecule has 1 aliphatic carbocycles. The van der Waals surface area contributed by atoms with E-state index in [4.69, 9.17) is 5.11 Å². The number of carbonyl (C=O) groups excluding carboxylic acids is 2. The number of carboxylic acid groups (broad SMARTS) is 1. The summed E-state index contributed by atoms with van der Waals surface area (Å²) in [6, 6.07) is 22.1. The Balaban J connectivity index is 1.78. The highest BCUT2D eigenvalue weighted by molar-refractivity contribution is 6.12. The van der Waals surface area contributed by atoms with Crippen LogP contribution >= 0.6 is 0 Å². The first-order valence-electron chi connectivity index (χ1n) is 10.6. The minimum atomic E-state index is -4.16. The van der Waals surface area contributed by atoms with Gasteiger partial charge in [-0.1, -0.05) is 78.9 Å². The molecular formula is C27H21F2NO4. The molecule has 172 valence electrons. The Morgan fingerprint density at radius 2 is 1.50 bits per heavy atom. The van der Waals surface area contributed by atoms with Crippen LogP contribution in [-0.2, 0) is 15.0 Å². The van der Waals surface area contributed by atoms with Gasteiger partial charge in [-0.05, 0) is 23.8 Å². The fraction of sp³-hybridized carbons (Fsp3) is 0.148. The van der Waals surface area contributed by atoms with Crippen LogP contribution in [0.5, 0.6) is 0 Å². The first kappa shape index (κ1) is 23.0. The Labute approximate surface area is 194 Å². The summed E-state index contributed by atoms with van der Waals surface area (Å²) in [5.74, 6) is -7.38. The molecule has 0 radical (unpaired) electrons. The zero-order valence-corrected chi connectivity index (χ0v) is 17.9. The van der Waals surface area contributed by atoms with Gasteiger partial charge in [-0.2, -0.15) is 8.78 Å². The summed E-state index contributed by atoms with van der Waals surface area (Å²) in [4.78, 5) is 37.6. The number of nitrogens with one attached hydrogen (secondary N) is 1. The maximum absolute atomic E-state index is 14.6. The SMILES string of the molecule is O=C(c1ccccc1)c1ccccc1N[C@@H]1C=CC(=O)[C@]1(CC(F)(F)C(=O)O)c1ccccc1. The van der Waals surface area contributed by atoms with E-state index in [0.717, 1.165) is 0 Å². The van der Waals surface area contributed by atoms with Gasteiger partial charge in [0, 0.05) is 23.2 Å². The molecule has 2 atom stereocenters. The number of halogens is 2. The van der Waals surface area contributed by atoms with Gasteiger partial charge in [-0.15, -0.1) is 0 Å². The van der Waals surface area contributed by atoms with E-state index in [1.165, 1.54) is 24.3 Å². The Hall–Kier alpha value is -4.13. The van der Waals surface area contributed by atoms with E-state index in [1.54, 1.807) is 72.8 Å². The van der Waals surface area contributed by atoms with Crippen LogP contribution in [0.3, 0.4) is 0 Å². The molecule has 4 rings (SSSR count). The predicted octanol–water partition coefficient (Wildman–Crippen LogP) is 4.89. The fourth-order valence-electron chi connectivity index (χ4n) is 4.32. The number of carboxylic acids is 1. The third kappa shape index (κ3) is 4.12. The van der Waals surface area contributed by atoms with Crippen molar-refractivity contribution in [3.8, 4) is 0 Å². The molecular weight excluding hydrogens is 440 g/mol. The predicted molar refractivity (Wildman–Crippen MR) is 123 cm³/mol. The molecule has 34 heavy (non-hydrogen) atoms. The minimum Gasteiger partial charge on any atom is -0.477 e. The largest absolute Gasteiger partial charge is 0.477 e. The summed E-state index contributed by atoms with van der Waals surface area (Å²) < 4.78 is 29.2. The fourth-order valence-corrected chi connectivity index (χ4v) is 4.32. The quantitative estimate of drug-likeness (QED) is 0.467. The molecule has 7 heteroatoms. The zero-order chi connectivity index (χ0) is 24.3. The van der Waals surface area contributed by atoms with Gasteiger partial charge < -0.3 is 10.4 Å². The van der Waals surface area contributed by atoms with Crippen LogP contribution in [0.1, 0.15) is 27.9 Å². The molecule has 0 bridgehead atoms. The number of para-hydroxylation sites is 1. The third-order valence-corrected chi connectivity index (χ3v) is 6.03. The molecule has 0 saturated heterocycles. The molecule has 0 aromatic heterocycles. The van der Waals surface area contributed by atoms with E-state index >= 15 is 0 Å². The van der Waals surface area contributed by atoms with E-state index < -0.39 is 35.6 Å². The number of carbonyl (C=O) groups is 3. The van der Waals surface area contributed by atoms with E-state index in [-0.39, 0.29) is 11.3 Å². The smallest absolute Gasteiger partial charge is 0.374 e. The Kier molecular flexibility index (Phi) is 6.11. The topological polar surface area (TPSA) is 83.5 Å². The molecule has 1 aliphatic rings. The summed E-state index contributed by atoms with van der Waals surface area (Å²) in [6.45, 7) is 0. The monoisotopic (exact) mass is 461 g/mol. The number of hydrogen-bond donors (Lipinski definition) is 2. The van der Waals surface area contributed by atoms with Crippen molar-refractivity contribution in [2.75, 3.05) is 5.32 Å². The van der Waals surface area contributed by atoms with Gasteiger partial charge in [0.2, 0.25) is 0 Å². The summed E-state index contributed by atoms with van der Waals surface area (Å²) >= 11 is 0. The van der Waals surface area contributed by atoms with Gasteiger partial charge in [0.15, 0.2) is 11.6 Å². The van der Waals surface area contributed by atoms with Crippen LogP contribution in [0.2, 0.25) is 0 Å². The van der Waals surface area contributed by atoms with Crippen LogP contribution in [0.25, 0.3) is 0 Å². The molecule has 0 fully saturated rings. The molecule has 2 N–H and O–H groups in total. The van der Waals surface area contributed by atoms with E-state index in [1.807, 2.05) is 0 Å². The van der Waals surface area contributed by atoms with E-state index in [0.29, 0.717) is 16.8 Å². The zero-order valence-electron chi connectivity index (χ0n) is 17.9.